The molecular formula is C7H10N4O3. The van der Waals surface area contributed by atoms with E-state index in [-0.39, 0.29) is 0 Å². The molecule has 0 saturated carbocycles. The largest absolute Gasteiger partial charge is 0.464 e. The first-order valence-corrected chi connectivity index (χ1v) is 3.96. The van der Waals surface area contributed by atoms with Gasteiger partial charge >= 0.3 is 11.8 Å². The van der Waals surface area contributed by atoms with Gasteiger partial charge in [-0.1, -0.05) is 0 Å². The Morgan fingerprint density at radius 3 is 3.07 bits per heavy atom. The molecule has 76 valence electrons. The lowest BCUT2D eigenvalue weighted by Crippen LogP contribution is -2.56. The highest BCUT2D eigenvalue weighted by molar-refractivity contribution is 5.90. The lowest BCUT2D eigenvalue weighted by atomic mass is 10.4. The van der Waals surface area contributed by atoms with Gasteiger partial charge in [-0.25, -0.2) is 9.78 Å². The van der Waals surface area contributed by atoms with Crippen LogP contribution in [0.4, 0.5) is 11.6 Å². The minimum absolute atomic E-state index is 0.470. The number of esters is 1. The van der Waals surface area contributed by atoms with Crippen LogP contribution in [0.1, 0.15) is 0 Å². The Hall–Kier alpha value is -1.76. The molecule has 2 rings (SSSR count). The molecule has 7 nitrogen and oxygen atoms in total. The van der Waals surface area contributed by atoms with Crippen LogP contribution in [0.2, 0.25) is 0 Å². The van der Waals surface area contributed by atoms with Crippen molar-refractivity contribution < 1.29 is 14.6 Å². The summed E-state index contributed by atoms with van der Waals surface area (Å²) < 4.78 is 4.47. The van der Waals surface area contributed by atoms with Crippen LogP contribution in [0.5, 0.6) is 0 Å². The van der Waals surface area contributed by atoms with Crippen LogP contribution in [-0.2, 0) is 9.53 Å². The first-order valence-electron chi connectivity index (χ1n) is 3.96. The molecule has 0 saturated heterocycles. The topological polar surface area (TPSA) is 90.5 Å². The molecule has 0 spiro atoms. The minimum atomic E-state index is -1.87. The number of aromatic nitrogens is 2. The van der Waals surface area contributed by atoms with Crippen molar-refractivity contribution >= 4 is 17.6 Å². The Morgan fingerprint density at radius 1 is 1.79 bits per heavy atom. The number of fused-ring (bicyclic) bond motifs is 1. The van der Waals surface area contributed by atoms with Gasteiger partial charge in [-0.3, -0.25) is 0 Å². The van der Waals surface area contributed by atoms with E-state index in [1.165, 1.54) is 25.4 Å². The third-order valence-electron chi connectivity index (χ3n) is 2.19. The van der Waals surface area contributed by atoms with Crippen LogP contribution in [0.25, 0.3) is 0 Å². The van der Waals surface area contributed by atoms with Crippen molar-refractivity contribution in [2.75, 3.05) is 24.4 Å². The molecule has 0 bridgehead atoms. The van der Waals surface area contributed by atoms with Gasteiger partial charge in [-0.15, -0.1) is 0 Å². The zero-order chi connectivity index (χ0) is 10.3. The second-order valence-electron chi connectivity index (χ2n) is 2.95. The van der Waals surface area contributed by atoms with Crippen LogP contribution in [0, 0.1) is 0 Å². The molecule has 0 aliphatic carbocycles. The fraction of sp³-hybridized carbons (Fsp3) is 0.429. The molecule has 3 N–H and O–H groups in total. The lowest BCUT2D eigenvalue weighted by molar-refractivity contribution is -0.158. The number of aliphatic hydroxyl groups is 1. The van der Waals surface area contributed by atoms with E-state index in [1.54, 1.807) is 0 Å². The summed E-state index contributed by atoms with van der Waals surface area (Å²) in [5.74, 6) is -1.70. The predicted molar refractivity (Wildman–Crippen MR) is 47.6 cm³/mol. The van der Waals surface area contributed by atoms with Crippen molar-refractivity contribution in [2.24, 2.45) is 0 Å². The van der Waals surface area contributed by atoms with Gasteiger partial charge in [0.05, 0.1) is 13.4 Å². The third-order valence-corrected chi connectivity index (χ3v) is 2.19. The standard InChI is InChI=1S/C7H10N4O3/c1-11-5-4(8-3-9-5)10-7(11,13)6(12)14-2/h3,10,13H,1-2H3,(H,8,9). The number of imidazole rings is 1. The van der Waals surface area contributed by atoms with Gasteiger partial charge in [-0.2, -0.15) is 0 Å². The van der Waals surface area contributed by atoms with E-state index in [1.807, 2.05) is 0 Å². The van der Waals surface area contributed by atoms with E-state index in [4.69, 9.17) is 0 Å². The van der Waals surface area contributed by atoms with Crippen molar-refractivity contribution in [1.29, 1.82) is 0 Å². The Morgan fingerprint density at radius 2 is 2.50 bits per heavy atom. The van der Waals surface area contributed by atoms with Gasteiger partial charge in [0.2, 0.25) is 0 Å². The molecule has 7 heteroatoms. The maximum atomic E-state index is 11.3. The van der Waals surface area contributed by atoms with Crippen molar-refractivity contribution in [1.82, 2.24) is 9.97 Å². The van der Waals surface area contributed by atoms with Crippen molar-refractivity contribution in [2.45, 2.75) is 5.85 Å². The Balaban J connectivity index is 2.37. The molecule has 1 aliphatic rings. The number of carbonyl (C=O) groups excluding carboxylic acids is 1. The Bertz CT molecular complexity index is 377. The maximum Gasteiger partial charge on any atom is 0.382 e. The van der Waals surface area contributed by atoms with Crippen LogP contribution in [-0.4, -0.2) is 41.1 Å². The summed E-state index contributed by atoms with van der Waals surface area (Å²) in [5.41, 5.74) is 0. The number of hydrogen-bond acceptors (Lipinski definition) is 6. The van der Waals surface area contributed by atoms with Gasteiger partial charge in [0, 0.05) is 7.05 Å². The average Bonchev–Trinajstić information content (AvgIpc) is 2.70. The number of aromatic amines is 1. The minimum Gasteiger partial charge on any atom is -0.464 e. The number of ether oxygens (including phenoxy) is 1. The van der Waals surface area contributed by atoms with E-state index in [0.29, 0.717) is 11.6 Å². The summed E-state index contributed by atoms with van der Waals surface area (Å²) in [6, 6.07) is 0. The fourth-order valence-corrected chi connectivity index (χ4v) is 1.38. The Labute approximate surface area is 79.7 Å². The predicted octanol–water partition coefficient (Wildman–Crippen LogP) is -0.910. The van der Waals surface area contributed by atoms with Crippen LogP contribution >= 0.6 is 0 Å². The molecule has 1 aromatic rings. The average molecular weight is 198 g/mol. The smallest absolute Gasteiger partial charge is 0.382 e. The van der Waals surface area contributed by atoms with Crippen molar-refractivity contribution in [3.63, 3.8) is 0 Å². The summed E-state index contributed by atoms with van der Waals surface area (Å²) in [6.45, 7) is 0. The number of nitrogens with zero attached hydrogens (tertiary/aromatic N) is 2. The molecule has 0 amide bonds. The fourth-order valence-electron chi connectivity index (χ4n) is 1.38. The summed E-state index contributed by atoms with van der Waals surface area (Å²) in [6.07, 6.45) is 1.46. The zero-order valence-electron chi connectivity index (χ0n) is 7.74. The molecule has 1 unspecified atom stereocenters. The van der Waals surface area contributed by atoms with Crippen molar-refractivity contribution in [3.05, 3.63) is 6.33 Å². The Kier molecular flexibility index (Phi) is 1.65. The lowest BCUT2D eigenvalue weighted by Gasteiger charge is -2.27. The highest BCUT2D eigenvalue weighted by Gasteiger charge is 2.49. The molecule has 0 fully saturated rings. The second-order valence-corrected chi connectivity index (χ2v) is 2.95. The van der Waals surface area contributed by atoms with Gasteiger partial charge in [0.25, 0.3) is 0 Å². The van der Waals surface area contributed by atoms with E-state index in [9.17, 15) is 9.90 Å². The second kappa shape index (κ2) is 2.61. The molecule has 1 aliphatic heterocycles. The summed E-state index contributed by atoms with van der Waals surface area (Å²) in [5, 5.41) is 12.5. The van der Waals surface area contributed by atoms with E-state index >= 15 is 0 Å². The summed E-state index contributed by atoms with van der Waals surface area (Å²) >= 11 is 0. The number of nitrogens with one attached hydrogen (secondary N) is 2. The molecule has 0 aromatic carbocycles. The van der Waals surface area contributed by atoms with Crippen LogP contribution < -0.4 is 10.2 Å². The van der Waals surface area contributed by atoms with E-state index < -0.39 is 11.8 Å². The van der Waals surface area contributed by atoms with E-state index in [0.717, 1.165) is 0 Å². The third kappa shape index (κ3) is 0.896. The molecule has 2 heterocycles. The number of H-pyrrole nitrogens is 1. The van der Waals surface area contributed by atoms with Gasteiger partial charge in [-0.05, 0) is 0 Å². The van der Waals surface area contributed by atoms with Gasteiger partial charge in [0.15, 0.2) is 11.6 Å². The van der Waals surface area contributed by atoms with Gasteiger partial charge < -0.3 is 25.0 Å². The van der Waals surface area contributed by atoms with Crippen LogP contribution in [0.3, 0.4) is 0 Å². The first kappa shape index (κ1) is 8.82. The molecule has 1 atom stereocenters. The number of methoxy groups -OCH3 is 1. The highest BCUT2D eigenvalue weighted by atomic mass is 16.5. The molecule has 1 aromatic heterocycles. The highest BCUT2D eigenvalue weighted by Crippen LogP contribution is 2.34. The number of anilines is 2. The van der Waals surface area contributed by atoms with E-state index in [2.05, 4.69) is 20.0 Å². The molecule has 0 radical (unpaired) electrons. The monoisotopic (exact) mass is 198 g/mol. The molecule has 14 heavy (non-hydrogen) atoms. The number of hydrogen-bond donors (Lipinski definition) is 3. The summed E-state index contributed by atoms with van der Waals surface area (Å²) in [4.78, 5) is 19.3. The normalized spacial score (nSPS) is 24.4. The maximum absolute atomic E-state index is 11.3. The number of carbonyl (C=O) groups is 1. The quantitative estimate of drug-likeness (QED) is 0.506. The van der Waals surface area contributed by atoms with Gasteiger partial charge in [0.1, 0.15) is 0 Å². The number of likely N-dealkylation sites (N-methyl/N-ethyl adjacent to an activating group) is 1. The van der Waals surface area contributed by atoms with Crippen molar-refractivity contribution in [3.8, 4) is 0 Å². The number of rotatable bonds is 1. The summed E-state index contributed by atoms with van der Waals surface area (Å²) in [7, 11) is 2.74. The van der Waals surface area contributed by atoms with Crippen LogP contribution in [0.15, 0.2) is 6.33 Å². The molecular weight excluding hydrogens is 188 g/mol. The SMILES string of the molecule is COC(=O)C1(O)Nc2[nH]cnc2N1C. The first-order chi connectivity index (χ1) is 6.59. The zero-order valence-corrected chi connectivity index (χ0v) is 7.74.